The molecule has 34 heavy (non-hydrogen) atoms. The number of piperazine rings is 1. The first-order chi connectivity index (χ1) is 16.5. The number of morpholine rings is 1. The molecule has 1 amide bonds. The molecule has 2 aliphatic heterocycles. The van der Waals surface area contributed by atoms with Gasteiger partial charge in [-0.2, -0.15) is 0 Å². The molecule has 4 rings (SSSR count). The van der Waals surface area contributed by atoms with E-state index in [1.54, 1.807) is 0 Å². The number of carbonyl (C=O) groups excluding carboxylic acids is 1. The highest BCUT2D eigenvalue weighted by Crippen LogP contribution is 2.26. The molecule has 0 saturated carbocycles. The number of hydrogen-bond donors (Lipinski definition) is 0. The third-order valence-corrected chi connectivity index (χ3v) is 7.01. The molecule has 2 aromatic rings. The number of amides is 1. The third kappa shape index (κ3) is 7.19. The van der Waals surface area contributed by atoms with Gasteiger partial charge >= 0.3 is 0 Å². The minimum absolute atomic E-state index is 0.152. The Labute approximate surface area is 208 Å². The zero-order chi connectivity index (χ0) is 23.8. The van der Waals surface area contributed by atoms with Crippen LogP contribution in [-0.4, -0.2) is 92.3 Å². The standard InChI is InChI=1S/C27H36ClN3O3/c1-29-14-16-31(17-15-29)26(32)20-27(22-33-25-11-9-24(28)10-12-25)21-30(18-19-34-27)13-5-8-23-6-3-2-4-7-23/h2-4,6-7,9-12H,5,8,13-22H2,1H3. The highest BCUT2D eigenvalue weighted by Gasteiger charge is 2.41. The third-order valence-electron chi connectivity index (χ3n) is 6.76. The second kappa shape index (κ2) is 12.0. The van der Waals surface area contributed by atoms with Crippen molar-refractivity contribution in [2.75, 3.05) is 66.1 Å². The largest absolute Gasteiger partial charge is 0.491 e. The predicted octanol–water partition coefficient (Wildman–Crippen LogP) is 3.59. The van der Waals surface area contributed by atoms with Crippen molar-refractivity contribution in [3.63, 3.8) is 0 Å². The monoisotopic (exact) mass is 485 g/mol. The summed E-state index contributed by atoms with van der Waals surface area (Å²) in [5.74, 6) is 0.888. The van der Waals surface area contributed by atoms with E-state index in [1.807, 2.05) is 29.2 Å². The quantitative estimate of drug-likeness (QED) is 0.543. The molecule has 0 spiro atoms. The Kier molecular flexibility index (Phi) is 8.84. The smallest absolute Gasteiger partial charge is 0.225 e. The van der Waals surface area contributed by atoms with Crippen LogP contribution in [0.4, 0.5) is 0 Å². The zero-order valence-electron chi connectivity index (χ0n) is 20.1. The number of nitrogens with zero attached hydrogens (tertiary/aromatic N) is 3. The van der Waals surface area contributed by atoms with E-state index in [0.717, 1.165) is 57.9 Å². The van der Waals surface area contributed by atoms with E-state index in [9.17, 15) is 4.79 Å². The number of halogens is 1. The molecule has 0 aliphatic carbocycles. The van der Waals surface area contributed by atoms with E-state index in [0.29, 0.717) is 31.2 Å². The molecule has 0 aromatic heterocycles. The molecule has 0 radical (unpaired) electrons. The van der Waals surface area contributed by atoms with Gasteiger partial charge in [0.25, 0.3) is 0 Å². The van der Waals surface area contributed by atoms with Gasteiger partial charge in [0.1, 0.15) is 18.0 Å². The van der Waals surface area contributed by atoms with E-state index in [-0.39, 0.29) is 5.91 Å². The van der Waals surface area contributed by atoms with Gasteiger partial charge in [0.2, 0.25) is 5.91 Å². The first-order valence-electron chi connectivity index (χ1n) is 12.3. The van der Waals surface area contributed by atoms with Crippen LogP contribution < -0.4 is 4.74 Å². The highest BCUT2D eigenvalue weighted by molar-refractivity contribution is 6.30. The fourth-order valence-corrected chi connectivity index (χ4v) is 4.83. The Balaban J connectivity index is 1.40. The van der Waals surface area contributed by atoms with Crippen LogP contribution in [0, 0.1) is 0 Å². The molecule has 2 fully saturated rings. The minimum atomic E-state index is -0.662. The van der Waals surface area contributed by atoms with Gasteiger partial charge in [-0.3, -0.25) is 9.69 Å². The molecule has 2 aliphatic rings. The lowest BCUT2D eigenvalue weighted by Gasteiger charge is -2.43. The van der Waals surface area contributed by atoms with Gasteiger partial charge in [-0.15, -0.1) is 0 Å². The van der Waals surface area contributed by atoms with Gasteiger partial charge in [0.15, 0.2) is 0 Å². The number of rotatable bonds is 9. The molecule has 184 valence electrons. The van der Waals surface area contributed by atoms with Crippen molar-refractivity contribution >= 4 is 17.5 Å². The van der Waals surface area contributed by atoms with Crippen LogP contribution >= 0.6 is 11.6 Å². The summed E-state index contributed by atoms with van der Waals surface area (Å²) in [5, 5.41) is 0.672. The van der Waals surface area contributed by atoms with Gasteiger partial charge in [-0.25, -0.2) is 0 Å². The molecule has 7 heteroatoms. The summed E-state index contributed by atoms with van der Waals surface area (Å²) in [6.45, 7) is 6.83. The minimum Gasteiger partial charge on any atom is -0.491 e. The van der Waals surface area contributed by atoms with Crippen molar-refractivity contribution in [2.45, 2.75) is 24.9 Å². The van der Waals surface area contributed by atoms with Gasteiger partial charge in [-0.1, -0.05) is 41.9 Å². The SMILES string of the molecule is CN1CCN(C(=O)CC2(COc3ccc(Cl)cc3)CN(CCCc3ccccc3)CCO2)CC1. The topological polar surface area (TPSA) is 45.2 Å². The van der Waals surface area contributed by atoms with Crippen LogP contribution in [0.15, 0.2) is 54.6 Å². The average Bonchev–Trinajstić information content (AvgIpc) is 2.85. The number of likely N-dealkylation sites (N-methyl/N-ethyl adjacent to an activating group) is 1. The first kappa shape index (κ1) is 25.0. The Bertz CT molecular complexity index is 903. The van der Waals surface area contributed by atoms with E-state index in [2.05, 4.69) is 47.2 Å². The summed E-state index contributed by atoms with van der Waals surface area (Å²) in [6.07, 6.45) is 2.46. The number of ether oxygens (including phenoxy) is 2. The molecule has 0 N–H and O–H groups in total. The van der Waals surface area contributed by atoms with Crippen molar-refractivity contribution in [3.05, 3.63) is 65.2 Å². The van der Waals surface area contributed by atoms with E-state index in [1.165, 1.54) is 5.56 Å². The summed E-state index contributed by atoms with van der Waals surface area (Å²) in [7, 11) is 2.10. The summed E-state index contributed by atoms with van der Waals surface area (Å²) in [5.41, 5.74) is 0.698. The first-order valence-corrected chi connectivity index (χ1v) is 12.6. The Morgan fingerprint density at radius 3 is 2.50 bits per heavy atom. The maximum Gasteiger partial charge on any atom is 0.225 e. The predicted molar refractivity (Wildman–Crippen MR) is 136 cm³/mol. The molecular formula is C27H36ClN3O3. The summed E-state index contributed by atoms with van der Waals surface area (Å²) in [6, 6.07) is 17.9. The molecule has 1 atom stereocenters. The van der Waals surface area contributed by atoms with E-state index in [4.69, 9.17) is 21.1 Å². The molecular weight excluding hydrogens is 450 g/mol. The van der Waals surface area contributed by atoms with Crippen LogP contribution in [0.2, 0.25) is 5.02 Å². The van der Waals surface area contributed by atoms with Crippen molar-refractivity contribution < 1.29 is 14.3 Å². The van der Waals surface area contributed by atoms with Gasteiger partial charge < -0.3 is 19.3 Å². The highest BCUT2D eigenvalue weighted by atomic mass is 35.5. The Morgan fingerprint density at radius 1 is 1.03 bits per heavy atom. The van der Waals surface area contributed by atoms with Crippen LogP contribution in [0.5, 0.6) is 5.75 Å². The summed E-state index contributed by atoms with van der Waals surface area (Å²) in [4.78, 5) is 19.9. The summed E-state index contributed by atoms with van der Waals surface area (Å²) < 4.78 is 12.5. The van der Waals surface area contributed by atoms with Gasteiger partial charge in [0, 0.05) is 44.3 Å². The molecule has 2 heterocycles. The number of carbonyl (C=O) groups is 1. The van der Waals surface area contributed by atoms with Gasteiger partial charge in [-0.05, 0) is 56.3 Å². The van der Waals surface area contributed by atoms with E-state index >= 15 is 0 Å². The van der Waals surface area contributed by atoms with Crippen molar-refractivity contribution in [1.29, 1.82) is 0 Å². The number of aryl methyl sites for hydroxylation is 1. The lowest BCUT2D eigenvalue weighted by atomic mass is 9.96. The second-order valence-electron chi connectivity index (χ2n) is 9.50. The van der Waals surface area contributed by atoms with Crippen LogP contribution in [0.25, 0.3) is 0 Å². The average molecular weight is 486 g/mol. The zero-order valence-corrected chi connectivity index (χ0v) is 20.9. The molecule has 2 saturated heterocycles. The van der Waals surface area contributed by atoms with Crippen LogP contribution in [0.3, 0.4) is 0 Å². The maximum atomic E-state index is 13.3. The number of benzene rings is 2. The lowest BCUT2D eigenvalue weighted by Crippen LogP contribution is -2.58. The van der Waals surface area contributed by atoms with Crippen molar-refractivity contribution in [3.8, 4) is 5.75 Å². The van der Waals surface area contributed by atoms with Crippen molar-refractivity contribution in [1.82, 2.24) is 14.7 Å². The van der Waals surface area contributed by atoms with Gasteiger partial charge in [0.05, 0.1) is 13.0 Å². The lowest BCUT2D eigenvalue weighted by molar-refractivity contribution is -0.157. The normalized spacial score (nSPS) is 22.0. The Morgan fingerprint density at radius 2 is 1.76 bits per heavy atom. The molecule has 0 bridgehead atoms. The fourth-order valence-electron chi connectivity index (χ4n) is 4.70. The summed E-state index contributed by atoms with van der Waals surface area (Å²) >= 11 is 6.02. The van der Waals surface area contributed by atoms with Crippen molar-refractivity contribution in [2.24, 2.45) is 0 Å². The van der Waals surface area contributed by atoms with Crippen LogP contribution in [-0.2, 0) is 16.0 Å². The molecule has 2 aromatic carbocycles. The fraction of sp³-hybridized carbons (Fsp3) is 0.519. The molecule has 1 unspecified atom stereocenters. The Hall–Kier alpha value is -2.12. The maximum absolute atomic E-state index is 13.3. The molecule has 6 nitrogen and oxygen atoms in total. The van der Waals surface area contributed by atoms with Crippen LogP contribution in [0.1, 0.15) is 18.4 Å². The van der Waals surface area contributed by atoms with E-state index < -0.39 is 5.60 Å². The second-order valence-corrected chi connectivity index (χ2v) is 9.94. The number of hydrogen-bond acceptors (Lipinski definition) is 5.